The number of nitrogens with one attached hydrogen (secondary N) is 1. The van der Waals surface area contributed by atoms with E-state index in [9.17, 15) is 0 Å². The quantitative estimate of drug-likeness (QED) is 0.866. The molecule has 1 N–H and O–H groups in total. The predicted octanol–water partition coefficient (Wildman–Crippen LogP) is 4.49. The summed E-state index contributed by atoms with van der Waals surface area (Å²) < 4.78 is 6.31. The highest BCUT2D eigenvalue weighted by Gasteiger charge is 2.20. The molecule has 0 amide bonds. The van der Waals surface area contributed by atoms with Crippen LogP contribution in [0.1, 0.15) is 51.2 Å². The van der Waals surface area contributed by atoms with Crippen molar-refractivity contribution in [3.05, 3.63) is 22.6 Å². The number of hydrogen-bond acceptors (Lipinski definition) is 2. The Kier molecular flexibility index (Phi) is 5.11. The summed E-state index contributed by atoms with van der Waals surface area (Å²) in [4.78, 5) is 0. The molecule has 0 aromatic carbocycles. The monoisotopic (exact) mass is 299 g/mol. The van der Waals surface area contributed by atoms with Gasteiger partial charge in [0, 0.05) is 6.04 Å². The zero-order valence-corrected chi connectivity index (χ0v) is 12.1. The fourth-order valence-corrected chi connectivity index (χ4v) is 3.10. The van der Waals surface area contributed by atoms with Crippen LogP contribution >= 0.6 is 15.9 Å². The van der Waals surface area contributed by atoms with Crippen molar-refractivity contribution in [3.63, 3.8) is 0 Å². The van der Waals surface area contributed by atoms with Gasteiger partial charge in [-0.15, -0.1) is 0 Å². The van der Waals surface area contributed by atoms with E-state index < -0.39 is 0 Å². The van der Waals surface area contributed by atoms with Crippen molar-refractivity contribution in [1.29, 1.82) is 0 Å². The molecule has 0 bridgehead atoms. The highest BCUT2D eigenvalue weighted by Crippen LogP contribution is 2.27. The molecule has 2 nitrogen and oxygen atoms in total. The fourth-order valence-electron chi connectivity index (χ4n) is 2.76. The fraction of sp³-hybridized carbons (Fsp3) is 0.714. The molecule has 17 heavy (non-hydrogen) atoms. The Bertz CT molecular complexity index is 329. The van der Waals surface area contributed by atoms with Crippen molar-refractivity contribution in [2.45, 2.75) is 58.0 Å². The molecule has 1 aliphatic carbocycles. The highest BCUT2D eigenvalue weighted by molar-refractivity contribution is 9.10. The first-order valence-electron chi connectivity index (χ1n) is 6.75. The SMILES string of the molecule is CCCC1CCC(NCc2ccc(Br)o2)CC1. The Hall–Kier alpha value is -0.280. The van der Waals surface area contributed by atoms with Crippen LogP contribution in [0.15, 0.2) is 21.2 Å². The number of hydrogen-bond donors (Lipinski definition) is 1. The van der Waals surface area contributed by atoms with Gasteiger partial charge in [0.15, 0.2) is 4.67 Å². The second-order valence-corrected chi connectivity index (χ2v) is 5.87. The smallest absolute Gasteiger partial charge is 0.169 e. The van der Waals surface area contributed by atoms with Crippen LogP contribution in [0.2, 0.25) is 0 Å². The third-order valence-corrected chi connectivity index (χ3v) is 4.16. The molecule has 3 heteroatoms. The van der Waals surface area contributed by atoms with Gasteiger partial charge in [-0.3, -0.25) is 0 Å². The summed E-state index contributed by atoms with van der Waals surface area (Å²) in [6.45, 7) is 3.15. The van der Waals surface area contributed by atoms with E-state index >= 15 is 0 Å². The molecule has 0 unspecified atom stereocenters. The van der Waals surface area contributed by atoms with E-state index in [1.807, 2.05) is 12.1 Å². The lowest BCUT2D eigenvalue weighted by molar-refractivity contribution is 0.273. The highest BCUT2D eigenvalue weighted by atomic mass is 79.9. The minimum absolute atomic E-state index is 0.687. The van der Waals surface area contributed by atoms with Crippen LogP contribution in [0.3, 0.4) is 0 Å². The van der Waals surface area contributed by atoms with Gasteiger partial charge in [0.2, 0.25) is 0 Å². The van der Waals surface area contributed by atoms with Crippen LogP contribution in [0, 0.1) is 5.92 Å². The minimum Gasteiger partial charge on any atom is -0.453 e. The molecule has 96 valence electrons. The van der Waals surface area contributed by atoms with E-state index in [1.165, 1.54) is 38.5 Å². The standard InChI is InChI=1S/C14H22BrNO/c1-2-3-11-4-6-12(7-5-11)16-10-13-8-9-14(15)17-13/h8-9,11-12,16H,2-7,10H2,1H3. The van der Waals surface area contributed by atoms with Crippen molar-refractivity contribution in [1.82, 2.24) is 5.32 Å². The van der Waals surface area contributed by atoms with Gasteiger partial charge in [0.1, 0.15) is 5.76 Å². The molecule has 0 spiro atoms. The van der Waals surface area contributed by atoms with Crippen LogP contribution < -0.4 is 5.32 Å². The van der Waals surface area contributed by atoms with Crippen molar-refractivity contribution >= 4 is 15.9 Å². The van der Waals surface area contributed by atoms with Crippen LogP contribution in [-0.4, -0.2) is 6.04 Å². The van der Waals surface area contributed by atoms with E-state index in [-0.39, 0.29) is 0 Å². The second-order valence-electron chi connectivity index (χ2n) is 5.09. The summed E-state index contributed by atoms with van der Waals surface area (Å²) >= 11 is 3.33. The van der Waals surface area contributed by atoms with E-state index in [0.29, 0.717) is 6.04 Å². The summed E-state index contributed by atoms with van der Waals surface area (Å²) in [6.07, 6.45) is 8.20. The summed E-state index contributed by atoms with van der Waals surface area (Å²) in [5, 5.41) is 3.60. The van der Waals surface area contributed by atoms with Crippen LogP contribution in [0.4, 0.5) is 0 Å². The molecular weight excluding hydrogens is 278 g/mol. The summed E-state index contributed by atoms with van der Waals surface area (Å²) in [5.41, 5.74) is 0. The lowest BCUT2D eigenvalue weighted by Crippen LogP contribution is -2.32. The topological polar surface area (TPSA) is 25.2 Å². The third kappa shape index (κ3) is 4.14. The van der Waals surface area contributed by atoms with Crippen molar-refractivity contribution in [2.24, 2.45) is 5.92 Å². The van der Waals surface area contributed by atoms with Gasteiger partial charge < -0.3 is 9.73 Å². The lowest BCUT2D eigenvalue weighted by Gasteiger charge is -2.28. The third-order valence-electron chi connectivity index (χ3n) is 3.74. The average molecular weight is 300 g/mol. The lowest BCUT2D eigenvalue weighted by atomic mass is 9.83. The number of rotatable bonds is 5. The van der Waals surface area contributed by atoms with Crippen molar-refractivity contribution in [3.8, 4) is 0 Å². The average Bonchev–Trinajstić information content (AvgIpc) is 2.75. The van der Waals surface area contributed by atoms with Crippen LogP contribution in [0.25, 0.3) is 0 Å². The molecule has 2 rings (SSSR count). The molecular formula is C14H22BrNO. The molecule has 1 heterocycles. The molecule has 1 aromatic heterocycles. The Balaban J connectivity index is 1.68. The van der Waals surface area contributed by atoms with E-state index in [4.69, 9.17) is 4.42 Å². The molecule has 1 aliphatic rings. The van der Waals surface area contributed by atoms with Crippen molar-refractivity contribution < 1.29 is 4.42 Å². The van der Waals surface area contributed by atoms with Gasteiger partial charge in [0.25, 0.3) is 0 Å². The molecule has 0 radical (unpaired) electrons. The molecule has 1 saturated carbocycles. The van der Waals surface area contributed by atoms with E-state index in [2.05, 4.69) is 28.2 Å². The van der Waals surface area contributed by atoms with Crippen molar-refractivity contribution in [2.75, 3.05) is 0 Å². The van der Waals surface area contributed by atoms with E-state index in [1.54, 1.807) is 0 Å². The maximum atomic E-state index is 5.49. The summed E-state index contributed by atoms with van der Waals surface area (Å²) in [7, 11) is 0. The zero-order valence-electron chi connectivity index (χ0n) is 10.5. The van der Waals surface area contributed by atoms with Crippen LogP contribution in [0.5, 0.6) is 0 Å². The summed E-state index contributed by atoms with van der Waals surface area (Å²) in [6, 6.07) is 4.67. The molecule has 1 fully saturated rings. The number of halogens is 1. The Morgan fingerprint density at radius 3 is 2.65 bits per heavy atom. The van der Waals surface area contributed by atoms with Gasteiger partial charge in [0.05, 0.1) is 6.54 Å². The maximum Gasteiger partial charge on any atom is 0.169 e. The van der Waals surface area contributed by atoms with E-state index in [0.717, 1.165) is 22.9 Å². The summed E-state index contributed by atoms with van der Waals surface area (Å²) in [5.74, 6) is 2.00. The zero-order chi connectivity index (χ0) is 12.1. The molecule has 0 atom stereocenters. The molecule has 0 saturated heterocycles. The first-order chi connectivity index (χ1) is 8.28. The molecule has 0 aliphatic heterocycles. The first-order valence-corrected chi connectivity index (χ1v) is 7.55. The van der Waals surface area contributed by atoms with Gasteiger partial charge in [-0.05, 0) is 59.7 Å². The van der Waals surface area contributed by atoms with Gasteiger partial charge in [-0.2, -0.15) is 0 Å². The number of furan rings is 1. The predicted molar refractivity (Wildman–Crippen MR) is 73.9 cm³/mol. The first kappa shape index (κ1) is 13.2. The Morgan fingerprint density at radius 2 is 2.06 bits per heavy atom. The largest absolute Gasteiger partial charge is 0.453 e. The van der Waals surface area contributed by atoms with Gasteiger partial charge >= 0.3 is 0 Å². The van der Waals surface area contributed by atoms with Gasteiger partial charge in [-0.1, -0.05) is 19.8 Å². The molecule has 1 aromatic rings. The van der Waals surface area contributed by atoms with Crippen LogP contribution in [-0.2, 0) is 6.54 Å². The Labute approximate surface area is 112 Å². The van der Waals surface area contributed by atoms with Gasteiger partial charge in [-0.25, -0.2) is 0 Å². The second kappa shape index (κ2) is 6.60. The maximum absolute atomic E-state index is 5.49. The minimum atomic E-state index is 0.687. The Morgan fingerprint density at radius 1 is 1.29 bits per heavy atom. The normalized spacial score (nSPS) is 25.1.